The van der Waals surface area contributed by atoms with Crippen LogP contribution in [0.3, 0.4) is 0 Å². The number of aromatic nitrogens is 3. The Hall–Kier alpha value is -4.89. The number of hydrogen-bond donors (Lipinski definition) is 1. The molecule has 0 amide bonds. The highest BCUT2D eigenvalue weighted by atomic mass is 19.1. The van der Waals surface area contributed by atoms with E-state index in [9.17, 15) is 19.1 Å². The molecule has 2 aromatic carbocycles. The summed E-state index contributed by atoms with van der Waals surface area (Å²) in [5.41, 5.74) is 2.30. The monoisotopic (exact) mass is 525 g/mol. The molecule has 5 aromatic rings. The van der Waals surface area contributed by atoms with Crippen LogP contribution in [-0.2, 0) is 20.1 Å². The third-order valence-corrected chi connectivity index (χ3v) is 6.36. The SMILES string of the molecule is COc1cnc2c(Oc3ccc(CC(=O)c4cn(C)c(CO)c(-c5ccc(F)cc5)c4=O)cc3)ccnc2c1. The molecule has 5 rings (SSSR count). The Labute approximate surface area is 222 Å². The molecule has 0 aliphatic rings. The van der Waals surface area contributed by atoms with Gasteiger partial charge in [0.2, 0.25) is 5.43 Å². The number of methoxy groups -OCH3 is 1. The van der Waals surface area contributed by atoms with Gasteiger partial charge in [0.05, 0.1) is 42.3 Å². The molecule has 1 N–H and O–H groups in total. The molecule has 0 fully saturated rings. The van der Waals surface area contributed by atoms with Crippen LogP contribution in [0.1, 0.15) is 21.6 Å². The highest BCUT2D eigenvalue weighted by Crippen LogP contribution is 2.29. The van der Waals surface area contributed by atoms with Crippen molar-refractivity contribution in [1.82, 2.24) is 14.5 Å². The summed E-state index contributed by atoms with van der Waals surface area (Å²) in [5.74, 6) is 0.821. The largest absolute Gasteiger partial charge is 0.495 e. The van der Waals surface area contributed by atoms with E-state index in [2.05, 4.69) is 9.97 Å². The zero-order valence-corrected chi connectivity index (χ0v) is 21.2. The topological polar surface area (TPSA) is 104 Å². The van der Waals surface area contributed by atoms with Gasteiger partial charge in [0.1, 0.15) is 22.8 Å². The van der Waals surface area contributed by atoms with Gasteiger partial charge in [-0.3, -0.25) is 14.6 Å². The number of hydrogen-bond acceptors (Lipinski definition) is 7. The standard InChI is InChI=1S/C30H24FN3O5/c1-34-16-23(30(37)28(25(34)17-35)19-5-7-20(31)8-6-19)26(36)13-18-3-9-21(10-4-18)39-27-11-12-32-24-14-22(38-2)15-33-29(24)27/h3-12,14-16,35H,13,17H2,1-2H3. The van der Waals surface area contributed by atoms with E-state index in [1.165, 1.54) is 30.5 Å². The molecule has 3 aromatic heterocycles. The summed E-state index contributed by atoms with van der Waals surface area (Å²) < 4.78 is 26.2. The van der Waals surface area contributed by atoms with E-state index in [0.29, 0.717) is 45.1 Å². The van der Waals surface area contributed by atoms with Crippen molar-refractivity contribution in [1.29, 1.82) is 0 Å². The molecule has 39 heavy (non-hydrogen) atoms. The fraction of sp³-hybridized carbons (Fsp3) is 0.133. The molecule has 3 heterocycles. The summed E-state index contributed by atoms with van der Waals surface area (Å²) in [4.78, 5) is 35.2. The second-order valence-electron chi connectivity index (χ2n) is 8.87. The number of aliphatic hydroxyl groups is 1. The molecule has 0 spiro atoms. The fourth-order valence-corrected chi connectivity index (χ4v) is 4.34. The van der Waals surface area contributed by atoms with E-state index in [1.54, 1.807) is 67.5 Å². The molecule has 0 unspecified atom stereocenters. The third kappa shape index (κ3) is 5.25. The van der Waals surface area contributed by atoms with E-state index >= 15 is 0 Å². The first-order valence-electron chi connectivity index (χ1n) is 12.1. The number of rotatable bonds is 8. The molecule has 0 bridgehead atoms. The minimum absolute atomic E-state index is 0.0147. The lowest BCUT2D eigenvalue weighted by Crippen LogP contribution is -2.23. The summed E-state index contributed by atoms with van der Waals surface area (Å²) in [6.07, 6.45) is 4.62. The number of pyridine rings is 3. The van der Waals surface area contributed by atoms with E-state index < -0.39 is 17.9 Å². The van der Waals surface area contributed by atoms with Gasteiger partial charge >= 0.3 is 0 Å². The minimum atomic E-state index is -0.512. The number of ether oxygens (including phenoxy) is 2. The van der Waals surface area contributed by atoms with Crippen molar-refractivity contribution < 1.29 is 23.8 Å². The summed E-state index contributed by atoms with van der Waals surface area (Å²) >= 11 is 0. The first kappa shape index (κ1) is 25.7. The number of nitrogens with zero attached hydrogens (tertiary/aromatic N) is 3. The van der Waals surface area contributed by atoms with Crippen LogP contribution >= 0.6 is 0 Å². The summed E-state index contributed by atoms with van der Waals surface area (Å²) in [6, 6.07) is 15.8. The molecule has 0 saturated carbocycles. The highest BCUT2D eigenvalue weighted by molar-refractivity contribution is 5.98. The van der Waals surface area contributed by atoms with Crippen molar-refractivity contribution in [3.05, 3.63) is 112 Å². The molecule has 8 nitrogen and oxygen atoms in total. The maximum atomic E-state index is 13.5. The van der Waals surface area contributed by atoms with Gasteiger partial charge in [0, 0.05) is 38.0 Å². The highest BCUT2D eigenvalue weighted by Gasteiger charge is 2.20. The van der Waals surface area contributed by atoms with Crippen LogP contribution in [0.2, 0.25) is 0 Å². The Morgan fingerprint density at radius 1 is 1.03 bits per heavy atom. The van der Waals surface area contributed by atoms with E-state index in [-0.39, 0.29) is 23.3 Å². The minimum Gasteiger partial charge on any atom is -0.495 e. The van der Waals surface area contributed by atoms with Crippen molar-refractivity contribution in [2.75, 3.05) is 7.11 Å². The molecular formula is C30H24FN3O5. The molecule has 0 atom stereocenters. The maximum Gasteiger partial charge on any atom is 0.200 e. The van der Waals surface area contributed by atoms with E-state index in [4.69, 9.17) is 9.47 Å². The van der Waals surface area contributed by atoms with Crippen LogP contribution in [0.15, 0.2) is 84.0 Å². The second kappa shape index (κ2) is 10.8. The Balaban J connectivity index is 1.38. The van der Waals surface area contributed by atoms with Gasteiger partial charge in [0.15, 0.2) is 11.5 Å². The third-order valence-electron chi connectivity index (χ3n) is 6.36. The number of benzene rings is 2. The lowest BCUT2D eigenvalue weighted by atomic mass is 9.97. The number of ketones is 1. The zero-order chi connectivity index (χ0) is 27.5. The van der Waals surface area contributed by atoms with E-state index in [1.807, 2.05) is 0 Å². The Bertz CT molecular complexity index is 1730. The van der Waals surface area contributed by atoms with Crippen molar-refractivity contribution in [2.24, 2.45) is 7.05 Å². The predicted molar refractivity (Wildman–Crippen MR) is 144 cm³/mol. The van der Waals surface area contributed by atoms with Gasteiger partial charge < -0.3 is 19.1 Å². The maximum absolute atomic E-state index is 13.5. The number of aryl methyl sites for hydroxylation is 1. The molecule has 0 saturated heterocycles. The molecular weight excluding hydrogens is 501 g/mol. The Kier molecular flexibility index (Phi) is 7.16. The Morgan fingerprint density at radius 3 is 2.46 bits per heavy atom. The van der Waals surface area contributed by atoms with Crippen LogP contribution < -0.4 is 14.9 Å². The van der Waals surface area contributed by atoms with Crippen LogP contribution in [0.5, 0.6) is 17.2 Å². The van der Waals surface area contributed by atoms with Crippen molar-refractivity contribution in [3.8, 4) is 28.4 Å². The fourth-order valence-electron chi connectivity index (χ4n) is 4.34. The summed E-state index contributed by atoms with van der Waals surface area (Å²) in [6.45, 7) is -0.412. The molecule has 0 aliphatic carbocycles. The molecule has 0 aliphatic heterocycles. The van der Waals surface area contributed by atoms with Gasteiger partial charge in [-0.25, -0.2) is 9.37 Å². The number of fused-ring (bicyclic) bond motifs is 1. The predicted octanol–water partition coefficient (Wildman–Crippen LogP) is 4.85. The van der Waals surface area contributed by atoms with Gasteiger partial charge in [-0.2, -0.15) is 0 Å². The summed E-state index contributed by atoms with van der Waals surface area (Å²) in [5, 5.41) is 9.87. The van der Waals surface area contributed by atoms with Crippen molar-refractivity contribution in [3.63, 3.8) is 0 Å². The normalized spacial score (nSPS) is 11.0. The molecule has 9 heteroatoms. The summed E-state index contributed by atoms with van der Waals surface area (Å²) in [7, 11) is 3.21. The number of aliphatic hydroxyl groups excluding tert-OH is 1. The first-order valence-corrected chi connectivity index (χ1v) is 12.1. The number of carbonyl (C=O) groups is 1. The number of halogens is 1. The van der Waals surface area contributed by atoms with Gasteiger partial charge in [-0.15, -0.1) is 0 Å². The van der Waals surface area contributed by atoms with Crippen LogP contribution in [-0.4, -0.2) is 32.5 Å². The number of Topliss-reactive ketones (excluding diaryl/α,β-unsaturated/α-hetero) is 1. The van der Waals surface area contributed by atoms with Gasteiger partial charge in [-0.05, 0) is 35.4 Å². The van der Waals surface area contributed by atoms with Crippen molar-refractivity contribution in [2.45, 2.75) is 13.0 Å². The zero-order valence-electron chi connectivity index (χ0n) is 21.2. The second-order valence-corrected chi connectivity index (χ2v) is 8.87. The van der Waals surface area contributed by atoms with Crippen LogP contribution in [0, 0.1) is 5.82 Å². The lowest BCUT2D eigenvalue weighted by Gasteiger charge is -2.15. The first-order chi connectivity index (χ1) is 18.9. The quantitative estimate of drug-likeness (QED) is 0.289. The smallest absolute Gasteiger partial charge is 0.200 e. The van der Waals surface area contributed by atoms with Crippen LogP contribution in [0.4, 0.5) is 4.39 Å². The molecule has 0 radical (unpaired) electrons. The van der Waals surface area contributed by atoms with E-state index in [0.717, 1.165) is 0 Å². The van der Waals surface area contributed by atoms with Crippen LogP contribution in [0.25, 0.3) is 22.2 Å². The Morgan fingerprint density at radius 2 is 1.77 bits per heavy atom. The molecule has 196 valence electrons. The average molecular weight is 526 g/mol. The van der Waals surface area contributed by atoms with Gasteiger partial charge in [-0.1, -0.05) is 24.3 Å². The number of carbonyl (C=O) groups excluding carboxylic acids is 1. The average Bonchev–Trinajstić information content (AvgIpc) is 2.95. The van der Waals surface area contributed by atoms with Gasteiger partial charge in [0.25, 0.3) is 0 Å². The van der Waals surface area contributed by atoms with Crippen molar-refractivity contribution >= 4 is 16.8 Å². The lowest BCUT2D eigenvalue weighted by molar-refractivity contribution is 0.0991.